The van der Waals surface area contributed by atoms with Crippen LogP contribution in [0.15, 0.2) is 35.0 Å². The van der Waals surface area contributed by atoms with Gasteiger partial charge in [-0.05, 0) is 31.2 Å². The van der Waals surface area contributed by atoms with Gasteiger partial charge in [-0.1, -0.05) is 16.8 Å². The van der Waals surface area contributed by atoms with E-state index >= 15 is 0 Å². The summed E-state index contributed by atoms with van der Waals surface area (Å²) in [6.07, 6.45) is 1.77. The highest BCUT2D eigenvalue weighted by molar-refractivity contribution is 6.30. The molecule has 1 aromatic carbocycles. The van der Waals surface area contributed by atoms with Gasteiger partial charge in [0.15, 0.2) is 0 Å². The number of carbonyl (C=O) groups excluding carboxylic acids is 1. The van der Waals surface area contributed by atoms with Gasteiger partial charge in [-0.3, -0.25) is 4.79 Å². The van der Waals surface area contributed by atoms with Gasteiger partial charge in [0, 0.05) is 24.9 Å². The minimum atomic E-state index is -0.446. The number of carbonyl (C=O) groups is 1. The molecule has 0 atom stereocenters. The van der Waals surface area contributed by atoms with Gasteiger partial charge in [0.2, 0.25) is 5.82 Å². The zero-order valence-corrected chi connectivity index (χ0v) is 14.4. The quantitative estimate of drug-likeness (QED) is 0.677. The average Bonchev–Trinajstić information content (AvgIpc) is 3.22. The lowest BCUT2D eigenvalue weighted by molar-refractivity contribution is 0.0893. The van der Waals surface area contributed by atoms with Crippen LogP contribution in [0.4, 0.5) is 0 Å². The van der Waals surface area contributed by atoms with Crippen LogP contribution in [0.5, 0.6) is 0 Å². The Morgan fingerprint density at radius 3 is 2.84 bits per heavy atom. The summed E-state index contributed by atoms with van der Waals surface area (Å²) in [5.41, 5.74) is 2.23. The summed E-state index contributed by atoms with van der Waals surface area (Å²) in [6.45, 7) is 2.59. The van der Waals surface area contributed by atoms with Crippen molar-refractivity contribution in [1.82, 2.24) is 25.2 Å². The normalized spacial score (nSPS) is 10.8. The number of amides is 1. The summed E-state index contributed by atoms with van der Waals surface area (Å²) in [5.74, 6) is -0.252. The van der Waals surface area contributed by atoms with Crippen LogP contribution in [-0.4, -0.2) is 46.1 Å². The Kier molecular flexibility index (Phi) is 5.11. The standard InChI is InChI=1S/C16H16ClN5O3/c1-10-13(9-22(20-10)12-5-3-11(17)4-6-12)14-19-16(25-21-14)15(23)18-7-8-24-2/h3-6,9H,7-8H2,1-2H3,(H,18,23). The van der Waals surface area contributed by atoms with Gasteiger partial charge in [0.25, 0.3) is 0 Å². The van der Waals surface area contributed by atoms with Crippen LogP contribution in [-0.2, 0) is 4.74 Å². The number of benzene rings is 1. The van der Waals surface area contributed by atoms with Crippen molar-refractivity contribution in [3.8, 4) is 17.1 Å². The first-order valence-electron chi connectivity index (χ1n) is 7.52. The lowest BCUT2D eigenvalue weighted by Crippen LogP contribution is -2.27. The zero-order valence-electron chi connectivity index (χ0n) is 13.7. The maximum Gasteiger partial charge on any atom is 0.316 e. The number of halogens is 1. The molecule has 0 aliphatic rings. The molecule has 0 spiro atoms. The maximum absolute atomic E-state index is 11.9. The van der Waals surface area contributed by atoms with E-state index in [0.29, 0.717) is 35.3 Å². The Balaban J connectivity index is 1.81. The number of rotatable bonds is 6. The molecule has 0 unspecified atom stereocenters. The predicted molar refractivity (Wildman–Crippen MR) is 90.8 cm³/mol. The van der Waals surface area contributed by atoms with Crippen LogP contribution in [0.3, 0.4) is 0 Å². The van der Waals surface area contributed by atoms with Crippen molar-refractivity contribution in [1.29, 1.82) is 0 Å². The molecule has 130 valence electrons. The fourth-order valence-corrected chi connectivity index (χ4v) is 2.30. The van der Waals surface area contributed by atoms with E-state index in [2.05, 4.69) is 20.6 Å². The molecule has 0 saturated carbocycles. The molecule has 1 N–H and O–H groups in total. The molecule has 9 heteroatoms. The van der Waals surface area contributed by atoms with Gasteiger partial charge < -0.3 is 14.6 Å². The van der Waals surface area contributed by atoms with Crippen molar-refractivity contribution in [3.63, 3.8) is 0 Å². The molecule has 25 heavy (non-hydrogen) atoms. The highest BCUT2D eigenvalue weighted by Crippen LogP contribution is 2.22. The summed E-state index contributed by atoms with van der Waals surface area (Å²) in [7, 11) is 1.55. The highest BCUT2D eigenvalue weighted by Gasteiger charge is 2.19. The average molecular weight is 362 g/mol. The zero-order chi connectivity index (χ0) is 17.8. The first-order chi connectivity index (χ1) is 12.1. The second-order valence-electron chi connectivity index (χ2n) is 5.22. The molecular formula is C16H16ClN5O3. The van der Waals surface area contributed by atoms with Crippen LogP contribution in [0, 0.1) is 6.92 Å². The number of hydrogen-bond acceptors (Lipinski definition) is 6. The third-order valence-electron chi connectivity index (χ3n) is 3.44. The molecule has 2 aromatic heterocycles. The minimum Gasteiger partial charge on any atom is -0.383 e. The monoisotopic (exact) mass is 361 g/mol. The van der Waals surface area contributed by atoms with Crippen LogP contribution >= 0.6 is 11.6 Å². The fourth-order valence-electron chi connectivity index (χ4n) is 2.17. The molecule has 0 fully saturated rings. The first-order valence-corrected chi connectivity index (χ1v) is 7.89. The van der Waals surface area contributed by atoms with E-state index in [4.69, 9.17) is 20.9 Å². The van der Waals surface area contributed by atoms with E-state index in [-0.39, 0.29) is 5.89 Å². The second-order valence-corrected chi connectivity index (χ2v) is 5.66. The van der Waals surface area contributed by atoms with Crippen molar-refractivity contribution < 1.29 is 14.1 Å². The summed E-state index contributed by atoms with van der Waals surface area (Å²) in [4.78, 5) is 16.0. The third-order valence-corrected chi connectivity index (χ3v) is 3.69. The van der Waals surface area contributed by atoms with E-state index in [1.54, 1.807) is 30.1 Å². The predicted octanol–water partition coefficient (Wildman–Crippen LogP) is 2.26. The lowest BCUT2D eigenvalue weighted by Gasteiger charge is -2.00. The van der Waals surface area contributed by atoms with E-state index in [0.717, 1.165) is 5.69 Å². The molecule has 0 aliphatic heterocycles. The second kappa shape index (κ2) is 7.45. The highest BCUT2D eigenvalue weighted by atomic mass is 35.5. The summed E-state index contributed by atoms with van der Waals surface area (Å²) >= 11 is 5.90. The van der Waals surface area contributed by atoms with Gasteiger partial charge in [-0.25, -0.2) is 4.68 Å². The number of ether oxygens (including phenoxy) is 1. The maximum atomic E-state index is 11.9. The summed E-state index contributed by atoms with van der Waals surface area (Å²) < 4.78 is 11.6. The van der Waals surface area contributed by atoms with Gasteiger partial charge in [-0.15, -0.1) is 0 Å². The Labute approximate surface area is 148 Å². The van der Waals surface area contributed by atoms with Gasteiger partial charge in [-0.2, -0.15) is 10.1 Å². The van der Waals surface area contributed by atoms with Crippen molar-refractivity contribution >= 4 is 17.5 Å². The molecule has 1 amide bonds. The molecule has 0 saturated heterocycles. The number of methoxy groups -OCH3 is 1. The van der Waals surface area contributed by atoms with E-state index in [9.17, 15) is 4.79 Å². The van der Waals surface area contributed by atoms with E-state index in [1.165, 1.54) is 0 Å². The molecule has 0 bridgehead atoms. The molecule has 2 heterocycles. The van der Waals surface area contributed by atoms with Crippen molar-refractivity contribution in [2.45, 2.75) is 6.92 Å². The minimum absolute atomic E-state index is 0.107. The van der Waals surface area contributed by atoms with E-state index in [1.807, 2.05) is 19.1 Å². The number of aromatic nitrogens is 4. The van der Waals surface area contributed by atoms with Crippen LogP contribution in [0.25, 0.3) is 17.1 Å². The number of aryl methyl sites for hydroxylation is 1. The lowest BCUT2D eigenvalue weighted by atomic mass is 10.2. The topological polar surface area (TPSA) is 95.1 Å². The molecule has 0 radical (unpaired) electrons. The van der Waals surface area contributed by atoms with Crippen LogP contribution in [0.1, 0.15) is 16.4 Å². The van der Waals surface area contributed by atoms with Crippen LogP contribution < -0.4 is 5.32 Å². The van der Waals surface area contributed by atoms with Gasteiger partial charge >= 0.3 is 11.8 Å². The van der Waals surface area contributed by atoms with Gasteiger partial charge in [0.1, 0.15) is 0 Å². The number of nitrogens with one attached hydrogen (secondary N) is 1. The van der Waals surface area contributed by atoms with E-state index < -0.39 is 5.91 Å². The first kappa shape index (κ1) is 17.1. The molecule has 0 aliphatic carbocycles. The molecular weight excluding hydrogens is 346 g/mol. The summed E-state index contributed by atoms with van der Waals surface area (Å²) in [6, 6.07) is 7.27. The number of hydrogen-bond donors (Lipinski definition) is 1. The Hall–Kier alpha value is -2.71. The Bertz CT molecular complexity index is 872. The summed E-state index contributed by atoms with van der Waals surface area (Å²) in [5, 5.41) is 11.6. The SMILES string of the molecule is COCCNC(=O)c1nc(-c2cn(-c3ccc(Cl)cc3)nc2C)no1. The molecule has 8 nitrogen and oxygen atoms in total. The van der Waals surface area contributed by atoms with Crippen molar-refractivity contribution in [2.24, 2.45) is 0 Å². The smallest absolute Gasteiger partial charge is 0.316 e. The Morgan fingerprint density at radius 1 is 1.36 bits per heavy atom. The van der Waals surface area contributed by atoms with Crippen LogP contribution in [0.2, 0.25) is 5.02 Å². The number of nitrogens with zero attached hydrogens (tertiary/aromatic N) is 4. The molecule has 3 rings (SSSR count). The largest absolute Gasteiger partial charge is 0.383 e. The van der Waals surface area contributed by atoms with Crippen molar-refractivity contribution in [3.05, 3.63) is 47.1 Å². The third kappa shape index (κ3) is 3.86. The Morgan fingerprint density at radius 2 is 2.12 bits per heavy atom. The van der Waals surface area contributed by atoms with Gasteiger partial charge in [0.05, 0.1) is 23.6 Å². The molecule has 3 aromatic rings. The van der Waals surface area contributed by atoms with Crippen molar-refractivity contribution in [2.75, 3.05) is 20.3 Å². The fraction of sp³-hybridized carbons (Fsp3) is 0.250.